The summed E-state index contributed by atoms with van der Waals surface area (Å²) in [6, 6.07) is 12.4. The number of fused-ring (bicyclic) bond motifs is 1. The molecule has 3 aromatic rings. The van der Waals surface area contributed by atoms with Gasteiger partial charge in [-0.1, -0.05) is 41.7 Å². The largest absolute Gasteiger partial charge is 0.493 e. The molecule has 0 aliphatic rings. The number of amides is 1. The third kappa shape index (κ3) is 5.96. The molecule has 0 bridgehead atoms. The van der Waals surface area contributed by atoms with Crippen LogP contribution < -0.4 is 14.3 Å². The highest BCUT2D eigenvalue weighted by Crippen LogP contribution is 2.33. The Morgan fingerprint density at radius 3 is 2.44 bits per heavy atom. The van der Waals surface area contributed by atoms with E-state index in [4.69, 9.17) is 14.2 Å². The van der Waals surface area contributed by atoms with Crippen molar-refractivity contribution in [1.82, 2.24) is 4.57 Å². The number of aromatic nitrogens is 1. The highest BCUT2D eigenvalue weighted by molar-refractivity contribution is 7.91. The van der Waals surface area contributed by atoms with Crippen LogP contribution in [0.1, 0.15) is 12.5 Å². The average Bonchev–Trinajstić information content (AvgIpc) is 3.08. The fourth-order valence-electron chi connectivity index (χ4n) is 3.20. The smallest absolute Gasteiger partial charge is 0.263 e. The van der Waals surface area contributed by atoms with Crippen molar-refractivity contribution in [3.63, 3.8) is 0 Å². The van der Waals surface area contributed by atoms with E-state index in [1.165, 1.54) is 11.3 Å². The van der Waals surface area contributed by atoms with Crippen molar-refractivity contribution in [1.29, 1.82) is 0 Å². The summed E-state index contributed by atoms with van der Waals surface area (Å²) in [6.07, 6.45) is 0. The van der Waals surface area contributed by atoms with E-state index in [1.807, 2.05) is 29.7 Å². The fourth-order valence-corrected chi connectivity index (χ4v) is 5.53. The Hall–Kier alpha value is -2.69. The molecule has 2 aromatic carbocycles. The summed E-state index contributed by atoms with van der Waals surface area (Å²) in [4.78, 5) is 17.1. The van der Waals surface area contributed by atoms with Crippen LogP contribution in [0, 0.1) is 0 Å². The number of thiazole rings is 1. The number of carbonyl (C=O) groups is 1. The summed E-state index contributed by atoms with van der Waals surface area (Å²) in [5.41, 5.74) is 1.43. The minimum absolute atomic E-state index is 0.208. The minimum atomic E-state index is -3.65. The van der Waals surface area contributed by atoms with E-state index >= 15 is 0 Å². The van der Waals surface area contributed by atoms with Crippen molar-refractivity contribution >= 4 is 37.3 Å². The highest BCUT2D eigenvalue weighted by Gasteiger charge is 2.18. The SMILES string of the molecule is CCOCCn1c(=NC(=O)CS(=O)(=O)Cc2ccccc2)sc2cc(OC)c(OC)cc21. The maximum Gasteiger partial charge on any atom is 0.263 e. The molecule has 0 fully saturated rings. The van der Waals surface area contributed by atoms with Crippen molar-refractivity contribution in [2.75, 3.05) is 33.2 Å². The lowest BCUT2D eigenvalue weighted by molar-refractivity contribution is -0.115. The summed E-state index contributed by atoms with van der Waals surface area (Å²) >= 11 is 1.28. The van der Waals surface area contributed by atoms with Crippen LogP contribution in [-0.2, 0) is 31.7 Å². The van der Waals surface area contributed by atoms with Gasteiger partial charge in [-0.05, 0) is 12.5 Å². The highest BCUT2D eigenvalue weighted by atomic mass is 32.2. The van der Waals surface area contributed by atoms with E-state index in [0.29, 0.717) is 41.6 Å². The van der Waals surface area contributed by atoms with Crippen molar-refractivity contribution < 1.29 is 27.4 Å². The molecular formula is C22H26N2O6S2. The molecule has 0 aliphatic carbocycles. The zero-order valence-corrected chi connectivity index (χ0v) is 19.9. The van der Waals surface area contributed by atoms with E-state index in [2.05, 4.69) is 4.99 Å². The summed E-state index contributed by atoms with van der Waals surface area (Å²) in [6.45, 7) is 3.33. The van der Waals surface area contributed by atoms with Gasteiger partial charge in [0.15, 0.2) is 26.1 Å². The molecule has 0 atom stereocenters. The van der Waals surface area contributed by atoms with Crippen LogP contribution >= 0.6 is 11.3 Å². The first-order chi connectivity index (χ1) is 15.4. The molecule has 1 heterocycles. The number of nitrogens with zero attached hydrogens (tertiary/aromatic N) is 2. The summed E-state index contributed by atoms with van der Waals surface area (Å²) < 4.78 is 43.9. The molecule has 0 spiro atoms. The fraction of sp³-hybridized carbons (Fsp3) is 0.364. The number of ether oxygens (including phenoxy) is 3. The van der Waals surface area contributed by atoms with Gasteiger partial charge in [-0.3, -0.25) is 4.79 Å². The van der Waals surface area contributed by atoms with Gasteiger partial charge >= 0.3 is 0 Å². The van der Waals surface area contributed by atoms with E-state index in [-0.39, 0.29) is 5.75 Å². The summed E-state index contributed by atoms with van der Waals surface area (Å²) in [5, 5.41) is 0. The monoisotopic (exact) mass is 478 g/mol. The Labute approximate surface area is 191 Å². The van der Waals surface area contributed by atoms with Crippen molar-refractivity contribution in [3.8, 4) is 11.5 Å². The molecule has 0 radical (unpaired) electrons. The summed E-state index contributed by atoms with van der Waals surface area (Å²) in [7, 11) is -0.555. The topological polar surface area (TPSA) is 96.2 Å². The zero-order valence-electron chi connectivity index (χ0n) is 18.2. The molecule has 1 amide bonds. The third-order valence-corrected chi connectivity index (χ3v) is 7.15. The Morgan fingerprint density at radius 1 is 1.09 bits per heavy atom. The molecule has 0 saturated carbocycles. The van der Waals surface area contributed by atoms with Crippen molar-refractivity contribution in [2.45, 2.75) is 19.2 Å². The van der Waals surface area contributed by atoms with Crippen LogP contribution in [0.2, 0.25) is 0 Å². The van der Waals surface area contributed by atoms with Gasteiger partial charge in [0.1, 0.15) is 5.75 Å². The van der Waals surface area contributed by atoms with Gasteiger partial charge in [0, 0.05) is 25.3 Å². The number of sulfone groups is 1. The number of hydrogen-bond donors (Lipinski definition) is 0. The van der Waals surface area contributed by atoms with Gasteiger partial charge in [0.25, 0.3) is 5.91 Å². The quantitative estimate of drug-likeness (QED) is 0.416. The first kappa shape index (κ1) is 24.0. The number of methoxy groups -OCH3 is 2. The predicted molar refractivity (Wildman–Crippen MR) is 124 cm³/mol. The number of carbonyl (C=O) groups excluding carboxylic acids is 1. The van der Waals surface area contributed by atoms with E-state index in [1.54, 1.807) is 38.5 Å². The van der Waals surface area contributed by atoms with Crippen LogP contribution in [0.4, 0.5) is 0 Å². The number of benzene rings is 2. The molecule has 0 N–H and O–H groups in total. The Morgan fingerprint density at radius 2 is 1.78 bits per heavy atom. The van der Waals surface area contributed by atoms with Crippen LogP contribution in [0.3, 0.4) is 0 Å². The number of rotatable bonds is 10. The van der Waals surface area contributed by atoms with E-state index in [9.17, 15) is 13.2 Å². The second kappa shape index (κ2) is 10.8. The Kier molecular flexibility index (Phi) is 8.05. The van der Waals surface area contributed by atoms with Gasteiger partial charge in [-0.2, -0.15) is 4.99 Å². The minimum Gasteiger partial charge on any atom is -0.493 e. The molecule has 0 saturated heterocycles. The van der Waals surface area contributed by atoms with Crippen molar-refractivity contribution in [3.05, 3.63) is 52.8 Å². The molecule has 172 valence electrons. The normalized spacial score (nSPS) is 12.3. The lowest BCUT2D eigenvalue weighted by Crippen LogP contribution is -2.23. The lowest BCUT2D eigenvalue weighted by Gasteiger charge is -2.09. The van der Waals surface area contributed by atoms with Crippen LogP contribution in [0.5, 0.6) is 11.5 Å². The molecule has 32 heavy (non-hydrogen) atoms. The molecular weight excluding hydrogens is 452 g/mol. The van der Waals surface area contributed by atoms with Gasteiger partial charge < -0.3 is 18.8 Å². The first-order valence-electron chi connectivity index (χ1n) is 10.0. The molecule has 10 heteroatoms. The lowest BCUT2D eigenvalue weighted by atomic mass is 10.2. The maximum atomic E-state index is 12.6. The van der Waals surface area contributed by atoms with Gasteiger partial charge in [0.05, 0.1) is 36.8 Å². The number of hydrogen-bond acceptors (Lipinski definition) is 7. The average molecular weight is 479 g/mol. The molecule has 0 unspecified atom stereocenters. The van der Waals surface area contributed by atoms with Gasteiger partial charge in [0.2, 0.25) is 0 Å². The third-order valence-electron chi connectivity index (χ3n) is 4.64. The standard InChI is InChI=1S/C22H26N2O6S2/c1-4-30-11-10-24-17-12-18(28-2)19(29-3)13-20(17)31-22(24)23-21(25)15-32(26,27)14-16-8-6-5-7-9-16/h5-9,12-13H,4,10-11,14-15H2,1-3H3. The molecule has 1 aromatic heterocycles. The van der Waals surface area contributed by atoms with Crippen LogP contribution in [0.15, 0.2) is 47.5 Å². The van der Waals surface area contributed by atoms with Crippen molar-refractivity contribution in [2.24, 2.45) is 4.99 Å². The molecule has 0 aliphatic heterocycles. The Balaban J connectivity index is 1.95. The van der Waals surface area contributed by atoms with Crippen LogP contribution in [0.25, 0.3) is 10.2 Å². The maximum absolute atomic E-state index is 12.6. The van der Waals surface area contributed by atoms with E-state index < -0.39 is 21.5 Å². The zero-order chi connectivity index (χ0) is 23.1. The summed E-state index contributed by atoms with van der Waals surface area (Å²) in [5.74, 6) is -0.474. The predicted octanol–water partition coefficient (Wildman–Crippen LogP) is 2.80. The van der Waals surface area contributed by atoms with E-state index in [0.717, 1.165) is 10.2 Å². The molecule has 8 nitrogen and oxygen atoms in total. The second-order valence-corrected chi connectivity index (χ2v) is 10.0. The first-order valence-corrected chi connectivity index (χ1v) is 12.7. The van der Waals surface area contributed by atoms with Gasteiger partial charge in [-0.25, -0.2) is 8.42 Å². The second-order valence-electron chi connectivity index (χ2n) is 6.93. The van der Waals surface area contributed by atoms with Gasteiger partial charge in [-0.15, -0.1) is 0 Å². The Bertz CT molecular complexity index is 1250. The molecule has 3 rings (SSSR count). The van der Waals surface area contributed by atoms with Crippen LogP contribution in [-0.4, -0.2) is 52.1 Å².